The van der Waals surface area contributed by atoms with Crippen LogP contribution in [-0.2, 0) is 9.53 Å². The average Bonchev–Trinajstić information content (AvgIpc) is 2.73. The summed E-state index contributed by atoms with van der Waals surface area (Å²) in [6.45, 7) is 1.19. The summed E-state index contributed by atoms with van der Waals surface area (Å²) in [7, 11) is 1.39. The molecule has 2 aromatic rings. The predicted octanol–water partition coefficient (Wildman–Crippen LogP) is 3.87. The molecule has 1 atom stereocenters. The van der Waals surface area contributed by atoms with Crippen LogP contribution >= 0.6 is 11.8 Å². The molecular weight excluding hydrogens is 360 g/mol. The Balaban J connectivity index is 1.66. The highest BCUT2D eigenvalue weighted by Crippen LogP contribution is 2.35. The molecule has 3 rings (SSSR count). The van der Waals surface area contributed by atoms with Crippen LogP contribution in [0.2, 0.25) is 0 Å². The first-order valence-electron chi connectivity index (χ1n) is 9.07. The minimum absolute atomic E-state index is 0.00608. The molecule has 1 saturated heterocycles. The number of benzene rings is 2. The van der Waals surface area contributed by atoms with Crippen LogP contribution in [0, 0.1) is 0 Å². The van der Waals surface area contributed by atoms with Crippen LogP contribution in [-0.4, -0.2) is 43.1 Å². The number of likely N-dealkylation sites (tertiary alicyclic amines) is 1. The number of thioether (sulfide) groups is 1. The number of carbonyl (C=O) groups is 2. The number of piperidine rings is 1. The number of amides is 2. The van der Waals surface area contributed by atoms with E-state index in [1.165, 1.54) is 7.11 Å². The third-order valence-electron chi connectivity index (χ3n) is 4.61. The monoisotopic (exact) mass is 384 g/mol. The van der Waals surface area contributed by atoms with Crippen molar-refractivity contribution in [3.05, 3.63) is 66.2 Å². The molecule has 1 fully saturated rings. The lowest BCUT2D eigenvalue weighted by molar-refractivity contribution is -0.121. The van der Waals surface area contributed by atoms with Crippen LogP contribution in [0.3, 0.4) is 0 Å². The van der Waals surface area contributed by atoms with Crippen LogP contribution in [0.15, 0.2) is 65.6 Å². The summed E-state index contributed by atoms with van der Waals surface area (Å²) in [6.07, 6.45) is 1.16. The molecule has 6 heteroatoms. The Bertz CT molecular complexity index is 747. The van der Waals surface area contributed by atoms with Gasteiger partial charge in [0.15, 0.2) is 0 Å². The standard InChI is InChI=1S/C21H24N2O3S/c1-26-21(25)23-14-12-17(13-15-23)22-20(24)19(16-8-4-2-5-9-16)27-18-10-6-3-7-11-18/h2-11,17,19H,12-15H2,1H3,(H,22,24). The van der Waals surface area contributed by atoms with Crippen molar-refractivity contribution in [1.82, 2.24) is 10.2 Å². The molecule has 0 saturated carbocycles. The lowest BCUT2D eigenvalue weighted by Gasteiger charge is -2.32. The van der Waals surface area contributed by atoms with Gasteiger partial charge in [0.2, 0.25) is 5.91 Å². The summed E-state index contributed by atoms with van der Waals surface area (Å²) >= 11 is 1.55. The van der Waals surface area contributed by atoms with Gasteiger partial charge in [0, 0.05) is 24.0 Å². The van der Waals surface area contributed by atoms with Crippen molar-refractivity contribution in [2.45, 2.75) is 29.0 Å². The van der Waals surface area contributed by atoms with Gasteiger partial charge in [-0.1, -0.05) is 48.5 Å². The molecule has 1 N–H and O–H groups in total. The van der Waals surface area contributed by atoms with Crippen molar-refractivity contribution >= 4 is 23.8 Å². The van der Waals surface area contributed by atoms with Crippen molar-refractivity contribution in [3.8, 4) is 0 Å². The van der Waals surface area contributed by atoms with Crippen molar-refractivity contribution in [2.24, 2.45) is 0 Å². The van der Waals surface area contributed by atoms with E-state index in [0.717, 1.165) is 23.3 Å². The molecule has 2 amide bonds. The molecule has 1 aliphatic rings. The van der Waals surface area contributed by atoms with Crippen molar-refractivity contribution < 1.29 is 14.3 Å². The smallest absolute Gasteiger partial charge is 0.409 e. The molecule has 27 heavy (non-hydrogen) atoms. The second kappa shape index (κ2) is 9.46. The van der Waals surface area contributed by atoms with Crippen LogP contribution < -0.4 is 5.32 Å². The van der Waals surface area contributed by atoms with Gasteiger partial charge in [0.05, 0.1) is 7.11 Å². The van der Waals surface area contributed by atoms with Crippen molar-refractivity contribution in [2.75, 3.05) is 20.2 Å². The van der Waals surface area contributed by atoms with Crippen LogP contribution in [0.4, 0.5) is 4.79 Å². The molecule has 0 aromatic heterocycles. The van der Waals surface area contributed by atoms with Gasteiger partial charge < -0.3 is 15.0 Å². The fourth-order valence-electron chi connectivity index (χ4n) is 3.15. The van der Waals surface area contributed by atoms with E-state index in [-0.39, 0.29) is 23.3 Å². The fraction of sp³-hybridized carbons (Fsp3) is 0.333. The summed E-state index contributed by atoms with van der Waals surface area (Å²) in [6, 6.07) is 19.9. The number of carbonyl (C=O) groups excluding carboxylic acids is 2. The molecule has 142 valence electrons. The highest BCUT2D eigenvalue weighted by atomic mass is 32.2. The van der Waals surface area contributed by atoms with E-state index in [1.807, 2.05) is 60.7 Å². The van der Waals surface area contributed by atoms with E-state index in [4.69, 9.17) is 4.74 Å². The van der Waals surface area contributed by atoms with E-state index >= 15 is 0 Å². The van der Waals surface area contributed by atoms with Crippen LogP contribution in [0.5, 0.6) is 0 Å². The zero-order valence-corrected chi connectivity index (χ0v) is 16.2. The fourth-order valence-corrected chi connectivity index (χ4v) is 4.20. The van der Waals surface area contributed by atoms with E-state index < -0.39 is 0 Å². The maximum Gasteiger partial charge on any atom is 0.409 e. The van der Waals surface area contributed by atoms with E-state index in [1.54, 1.807) is 16.7 Å². The number of hydrogen-bond acceptors (Lipinski definition) is 4. The van der Waals surface area contributed by atoms with Gasteiger partial charge in [-0.05, 0) is 30.5 Å². The van der Waals surface area contributed by atoms with Gasteiger partial charge in [0.25, 0.3) is 0 Å². The number of methoxy groups -OCH3 is 1. The summed E-state index contributed by atoms with van der Waals surface area (Å²) in [5.74, 6) is 0.00608. The van der Waals surface area contributed by atoms with E-state index in [2.05, 4.69) is 5.32 Å². The molecule has 0 spiro atoms. The van der Waals surface area contributed by atoms with Crippen molar-refractivity contribution in [3.63, 3.8) is 0 Å². The molecule has 1 heterocycles. The molecule has 0 bridgehead atoms. The molecule has 0 aliphatic carbocycles. The van der Waals surface area contributed by atoms with Crippen molar-refractivity contribution in [1.29, 1.82) is 0 Å². The summed E-state index contributed by atoms with van der Waals surface area (Å²) in [5, 5.41) is 2.86. The first kappa shape index (κ1) is 19.3. The first-order chi connectivity index (χ1) is 13.2. The van der Waals surface area contributed by atoms with Gasteiger partial charge in [-0.15, -0.1) is 11.8 Å². The Morgan fingerprint density at radius 3 is 2.22 bits per heavy atom. The molecule has 5 nitrogen and oxygen atoms in total. The predicted molar refractivity (Wildman–Crippen MR) is 107 cm³/mol. The second-order valence-corrected chi connectivity index (χ2v) is 7.64. The Morgan fingerprint density at radius 1 is 1.04 bits per heavy atom. The third-order valence-corrected chi connectivity index (χ3v) is 5.88. The Kier molecular flexibility index (Phi) is 6.76. The average molecular weight is 385 g/mol. The molecular formula is C21H24N2O3S. The third kappa shape index (κ3) is 5.26. The molecule has 1 aliphatic heterocycles. The number of rotatable bonds is 5. The highest BCUT2D eigenvalue weighted by Gasteiger charge is 2.28. The van der Waals surface area contributed by atoms with Crippen LogP contribution in [0.25, 0.3) is 0 Å². The van der Waals surface area contributed by atoms with Gasteiger partial charge in [0.1, 0.15) is 5.25 Å². The zero-order valence-electron chi connectivity index (χ0n) is 15.3. The van der Waals surface area contributed by atoms with E-state index in [9.17, 15) is 9.59 Å². The number of nitrogens with zero attached hydrogens (tertiary/aromatic N) is 1. The van der Waals surface area contributed by atoms with Crippen LogP contribution in [0.1, 0.15) is 23.7 Å². The number of nitrogens with one attached hydrogen (secondary N) is 1. The van der Waals surface area contributed by atoms with Gasteiger partial charge in [-0.3, -0.25) is 4.79 Å². The van der Waals surface area contributed by atoms with Gasteiger partial charge in [-0.2, -0.15) is 0 Å². The maximum atomic E-state index is 13.1. The second-order valence-electron chi connectivity index (χ2n) is 6.46. The normalized spacial score (nSPS) is 15.8. The largest absolute Gasteiger partial charge is 0.453 e. The van der Waals surface area contributed by atoms with E-state index in [0.29, 0.717) is 13.1 Å². The highest BCUT2D eigenvalue weighted by molar-refractivity contribution is 8.00. The Hall–Kier alpha value is -2.47. The maximum absolute atomic E-state index is 13.1. The first-order valence-corrected chi connectivity index (χ1v) is 9.95. The number of ether oxygens (including phenoxy) is 1. The SMILES string of the molecule is COC(=O)N1CCC(NC(=O)C(Sc2ccccc2)c2ccccc2)CC1. The molecule has 2 aromatic carbocycles. The number of hydrogen-bond donors (Lipinski definition) is 1. The Morgan fingerprint density at radius 2 is 1.63 bits per heavy atom. The van der Waals surface area contributed by atoms with Gasteiger partial charge in [-0.25, -0.2) is 4.79 Å². The van der Waals surface area contributed by atoms with Gasteiger partial charge >= 0.3 is 6.09 Å². The lowest BCUT2D eigenvalue weighted by Crippen LogP contribution is -2.47. The zero-order chi connectivity index (χ0) is 19.1. The summed E-state index contributed by atoms with van der Waals surface area (Å²) < 4.78 is 4.76. The Labute approximate surface area is 164 Å². The molecule has 1 unspecified atom stereocenters. The molecule has 0 radical (unpaired) electrons. The quantitative estimate of drug-likeness (QED) is 0.795. The summed E-state index contributed by atoms with van der Waals surface area (Å²) in [4.78, 5) is 27.4. The minimum atomic E-state index is -0.313. The lowest BCUT2D eigenvalue weighted by atomic mass is 10.0. The summed E-state index contributed by atoms with van der Waals surface area (Å²) in [5.41, 5.74) is 0.982. The topological polar surface area (TPSA) is 58.6 Å². The minimum Gasteiger partial charge on any atom is -0.453 e.